The predicted octanol–water partition coefficient (Wildman–Crippen LogP) is 3.66. The van der Waals surface area contributed by atoms with Crippen LogP contribution >= 0.6 is 11.6 Å². The molecule has 17 heavy (non-hydrogen) atoms. The average molecular weight is 244 g/mol. The third kappa shape index (κ3) is 2.55. The third-order valence-corrected chi connectivity index (χ3v) is 2.65. The van der Waals surface area contributed by atoms with Crippen LogP contribution in [-0.4, -0.2) is 4.98 Å². The van der Waals surface area contributed by atoms with Gasteiger partial charge in [0.25, 0.3) is 0 Å². The molecule has 0 spiro atoms. The van der Waals surface area contributed by atoms with Gasteiger partial charge in [0.05, 0.1) is 23.1 Å². The zero-order valence-corrected chi connectivity index (χ0v) is 9.99. The minimum atomic E-state index is 0.515. The highest BCUT2D eigenvalue weighted by Crippen LogP contribution is 2.24. The van der Waals surface area contributed by atoms with Crippen LogP contribution in [0, 0.1) is 18.3 Å². The lowest BCUT2D eigenvalue weighted by Crippen LogP contribution is -1.96. The van der Waals surface area contributed by atoms with Crippen molar-refractivity contribution in [1.29, 1.82) is 5.26 Å². The smallest absolute Gasteiger partial charge is 0.101 e. The van der Waals surface area contributed by atoms with Gasteiger partial charge in [0, 0.05) is 11.2 Å². The lowest BCUT2D eigenvalue weighted by Gasteiger charge is -2.10. The number of hydrogen-bond acceptors (Lipinski definition) is 3. The Kier molecular flexibility index (Phi) is 3.27. The van der Waals surface area contributed by atoms with E-state index in [1.54, 1.807) is 30.6 Å². The van der Waals surface area contributed by atoms with E-state index in [1.165, 1.54) is 0 Å². The molecule has 2 rings (SSSR count). The van der Waals surface area contributed by atoms with Crippen molar-refractivity contribution >= 4 is 23.0 Å². The molecule has 0 atom stereocenters. The molecule has 1 N–H and O–H groups in total. The van der Waals surface area contributed by atoms with E-state index in [0.29, 0.717) is 10.6 Å². The Morgan fingerprint density at radius 2 is 2.12 bits per heavy atom. The van der Waals surface area contributed by atoms with Gasteiger partial charge in [0.2, 0.25) is 0 Å². The number of pyridine rings is 1. The lowest BCUT2D eigenvalue weighted by atomic mass is 10.1. The first-order chi connectivity index (χ1) is 8.20. The Balaban J connectivity index is 2.37. The predicted molar refractivity (Wildman–Crippen MR) is 68.4 cm³/mol. The second kappa shape index (κ2) is 4.86. The minimum absolute atomic E-state index is 0.515. The van der Waals surface area contributed by atoms with Gasteiger partial charge in [-0.3, -0.25) is 4.98 Å². The Morgan fingerprint density at radius 1 is 1.29 bits per heavy atom. The maximum atomic E-state index is 9.03. The molecule has 4 heteroatoms. The second-order valence-corrected chi connectivity index (χ2v) is 4.05. The molecular formula is C13H10ClN3. The molecule has 0 unspecified atom stereocenters. The molecule has 84 valence electrons. The maximum absolute atomic E-state index is 9.03. The molecule has 0 aliphatic rings. The molecule has 0 aliphatic carbocycles. The van der Waals surface area contributed by atoms with Crippen molar-refractivity contribution in [2.24, 2.45) is 0 Å². The van der Waals surface area contributed by atoms with E-state index in [-0.39, 0.29) is 0 Å². The number of nitriles is 1. The van der Waals surface area contributed by atoms with Crippen LogP contribution in [0.3, 0.4) is 0 Å². The molecule has 0 radical (unpaired) electrons. The summed E-state index contributed by atoms with van der Waals surface area (Å²) in [5, 5.41) is 12.8. The van der Waals surface area contributed by atoms with Crippen molar-refractivity contribution in [3.8, 4) is 6.07 Å². The van der Waals surface area contributed by atoms with Gasteiger partial charge in [-0.05, 0) is 36.8 Å². The van der Waals surface area contributed by atoms with Crippen molar-refractivity contribution in [1.82, 2.24) is 4.98 Å². The van der Waals surface area contributed by atoms with E-state index in [0.717, 1.165) is 16.9 Å². The lowest BCUT2D eigenvalue weighted by molar-refractivity contribution is 1.28. The number of hydrogen-bond donors (Lipinski definition) is 1. The summed E-state index contributed by atoms with van der Waals surface area (Å²) in [5.74, 6) is 0. The molecular weight excluding hydrogens is 234 g/mol. The standard InChI is InChI=1S/C13H10ClN3/c1-9-4-5-16-8-13(9)17-12-3-2-11(14)6-10(12)7-15/h2-6,8,17H,1H3. The zero-order valence-electron chi connectivity index (χ0n) is 9.24. The quantitative estimate of drug-likeness (QED) is 0.876. The number of aromatic nitrogens is 1. The summed E-state index contributed by atoms with van der Waals surface area (Å²) in [6, 6.07) is 9.18. The number of nitrogens with zero attached hydrogens (tertiary/aromatic N) is 2. The fourth-order valence-corrected chi connectivity index (χ4v) is 1.63. The molecule has 0 amide bonds. The van der Waals surface area contributed by atoms with Crippen LogP contribution in [0.5, 0.6) is 0 Å². The number of nitrogens with one attached hydrogen (secondary N) is 1. The van der Waals surface area contributed by atoms with E-state index in [9.17, 15) is 0 Å². The van der Waals surface area contributed by atoms with Crippen LogP contribution in [0.25, 0.3) is 0 Å². The third-order valence-electron chi connectivity index (χ3n) is 2.41. The van der Waals surface area contributed by atoms with Crippen molar-refractivity contribution in [2.75, 3.05) is 5.32 Å². The molecule has 0 saturated carbocycles. The van der Waals surface area contributed by atoms with Crippen molar-refractivity contribution < 1.29 is 0 Å². The van der Waals surface area contributed by atoms with Crippen LogP contribution < -0.4 is 5.32 Å². The number of benzene rings is 1. The topological polar surface area (TPSA) is 48.7 Å². The summed E-state index contributed by atoms with van der Waals surface area (Å²) in [7, 11) is 0. The Labute approximate surface area is 105 Å². The summed E-state index contributed by atoms with van der Waals surface area (Å²) >= 11 is 5.84. The van der Waals surface area contributed by atoms with Gasteiger partial charge in [-0.25, -0.2) is 0 Å². The van der Waals surface area contributed by atoms with Crippen LogP contribution in [-0.2, 0) is 0 Å². The largest absolute Gasteiger partial charge is 0.353 e. The van der Waals surface area contributed by atoms with Crippen LogP contribution in [0.15, 0.2) is 36.7 Å². The molecule has 1 aromatic heterocycles. The number of aryl methyl sites for hydroxylation is 1. The Hall–Kier alpha value is -2.05. The van der Waals surface area contributed by atoms with Gasteiger partial charge in [-0.1, -0.05) is 11.6 Å². The summed E-state index contributed by atoms with van der Waals surface area (Å²) in [6.07, 6.45) is 3.46. The fourth-order valence-electron chi connectivity index (χ4n) is 1.46. The average Bonchev–Trinajstić information content (AvgIpc) is 2.34. The van der Waals surface area contributed by atoms with E-state index in [4.69, 9.17) is 16.9 Å². The summed E-state index contributed by atoms with van der Waals surface area (Å²) in [4.78, 5) is 4.04. The number of anilines is 2. The molecule has 1 aromatic carbocycles. The Bertz CT molecular complexity index is 587. The van der Waals surface area contributed by atoms with Crippen LogP contribution in [0.2, 0.25) is 5.02 Å². The van der Waals surface area contributed by atoms with E-state index in [1.807, 2.05) is 13.0 Å². The molecule has 0 aliphatic heterocycles. The summed E-state index contributed by atoms with van der Waals surface area (Å²) in [5.41, 5.74) is 3.19. The highest BCUT2D eigenvalue weighted by atomic mass is 35.5. The first-order valence-corrected chi connectivity index (χ1v) is 5.46. The minimum Gasteiger partial charge on any atom is -0.353 e. The van der Waals surface area contributed by atoms with Gasteiger partial charge < -0.3 is 5.32 Å². The molecule has 0 bridgehead atoms. The van der Waals surface area contributed by atoms with Crippen molar-refractivity contribution in [2.45, 2.75) is 6.92 Å². The van der Waals surface area contributed by atoms with Gasteiger partial charge in [-0.15, -0.1) is 0 Å². The Morgan fingerprint density at radius 3 is 2.82 bits per heavy atom. The normalized spacial score (nSPS) is 9.71. The molecule has 0 saturated heterocycles. The van der Waals surface area contributed by atoms with E-state index < -0.39 is 0 Å². The second-order valence-electron chi connectivity index (χ2n) is 3.62. The fraction of sp³-hybridized carbons (Fsp3) is 0.0769. The van der Waals surface area contributed by atoms with Gasteiger partial charge in [-0.2, -0.15) is 5.26 Å². The highest BCUT2D eigenvalue weighted by molar-refractivity contribution is 6.30. The van der Waals surface area contributed by atoms with Crippen LogP contribution in [0.4, 0.5) is 11.4 Å². The monoisotopic (exact) mass is 243 g/mol. The molecule has 0 fully saturated rings. The van der Waals surface area contributed by atoms with Gasteiger partial charge in [0.1, 0.15) is 6.07 Å². The van der Waals surface area contributed by atoms with E-state index >= 15 is 0 Å². The van der Waals surface area contributed by atoms with Crippen LogP contribution in [0.1, 0.15) is 11.1 Å². The first kappa shape index (κ1) is 11.4. The number of halogens is 1. The molecule has 2 aromatic rings. The summed E-state index contributed by atoms with van der Waals surface area (Å²) < 4.78 is 0. The van der Waals surface area contributed by atoms with Crippen molar-refractivity contribution in [3.63, 3.8) is 0 Å². The van der Waals surface area contributed by atoms with E-state index in [2.05, 4.69) is 16.4 Å². The highest BCUT2D eigenvalue weighted by Gasteiger charge is 2.04. The number of rotatable bonds is 2. The molecule has 3 nitrogen and oxygen atoms in total. The van der Waals surface area contributed by atoms with Crippen molar-refractivity contribution in [3.05, 3.63) is 52.8 Å². The van der Waals surface area contributed by atoms with Gasteiger partial charge >= 0.3 is 0 Å². The maximum Gasteiger partial charge on any atom is 0.101 e. The van der Waals surface area contributed by atoms with Gasteiger partial charge in [0.15, 0.2) is 0 Å². The summed E-state index contributed by atoms with van der Waals surface area (Å²) in [6.45, 7) is 1.98. The molecule has 1 heterocycles. The SMILES string of the molecule is Cc1ccncc1Nc1ccc(Cl)cc1C#N. The zero-order chi connectivity index (χ0) is 12.3. The first-order valence-electron chi connectivity index (χ1n) is 5.08.